The number of rotatable bonds is 7. The number of ether oxygens (including phenoxy) is 1. The summed E-state index contributed by atoms with van der Waals surface area (Å²) in [5.41, 5.74) is 0.867. The van der Waals surface area contributed by atoms with Crippen LogP contribution in [-0.4, -0.2) is 30.6 Å². The summed E-state index contributed by atoms with van der Waals surface area (Å²) in [7, 11) is 0. The Labute approximate surface area is 154 Å². The first kappa shape index (κ1) is 19.9. The van der Waals surface area contributed by atoms with Crippen LogP contribution in [-0.2, 0) is 14.3 Å². The Kier molecular flexibility index (Phi) is 7.63. The van der Waals surface area contributed by atoms with E-state index in [9.17, 15) is 14.4 Å². The molecule has 6 heteroatoms. The van der Waals surface area contributed by atoms with Gasteiger partial charge in [-0.3, -0.25) is 14.9 Å². The van der Waals surface area contributed by atoms with Gasteiger partial charge in [0.1, 0.15) is 0 Å². The zero-order valence-electron chi connectivity index (χ0n) is 15.5. The van der Waals surface area contributed by atoms with Crippen LogP contribution >= 0.6 is 0 Å². The molecule has 2 rings (SSSR count). The Morgan fingerprint density at radius 3 is 2.42 bits per heavy atom. The molecule has 6 nitrogen and oxygen atoms in total. The number of imide groups is 1. The van der Waals surface area contributed by atoms with Crippen LogP contribution in [0.4, 0.5) is 4.79 Å². The fourth-order valence-corrected chi connectivity index (χ4v) is 3.27. The van der Waals surface area contributed by atoms with E-state index >= 15 is 0 Å². The van der Waals surface area contributed by atoms with Gasteiger partial charge in [0.05, 0.1) is 5.92 Å². The molecule has 1 aromatic carbocycles. The molecule has 0 aliphatic heterocycles. The van der Waals surface area contributed by atoms with Gasteiger partial charge in [-0.15, -0.1) is 0 Å². The predicted molar refractivity (Wildman–Crippen MR) is 98.5 cm³/mol. The minimum absolute atomic E-state index is 0.0821. The van der Waals surface area contributed by atoms with Crippen LogP contribution in [0.3, 0.4) is 0 Å². The van der Waals surface area contributed by atoms with Crippen LogP contribution in [0.2, 0.25) is 0 Å². The summed E-state index contributed by atoms with van der Waals surface area (Å²) in [4.78, 5) is 36.2. The lowest BCUT2D eigenvalue weighted by molar-refractivity contribution is -0.151. The number of hydrogen-bond acceptors (Lipinski definition) is 4. The number of urea groups is 1. The summed E-state index contributed by atoms with van der Waals surface area (Å²) in [6.45, 7) is 3.53. The molecule has 0 spiro atoms. The maximum Gasteiger partial charge on any atom is 0.321 e. The zero-order valence-corrected chi connectivity index (χ0v) is 15.5. The molecule has 1 fully saturated rings. The van der Waals surface area contributed by atoms with E-state index in [1.807, 2.05) is 44.2 Å². The maximum atomic E-state index is 12.5. The molecular formula is C20H28N2O4. The Hall–Kier alpha value is -2.37. The summed E-state index contributed by atoms with van der Waals surface area (Å²) in [6.07, 6.45) is 4.86. The molecule has 0 heterocycles. The number of benzene rings is 1. The van der Waals surface area contributed by atoms with Crippen LogP contribution in [0.25, 0.3) is 0 Å². The van der Waals surface area contributed by atoms with Gasteiger partial charge in [-0.25, -0.2) is 4.79 Å². The van der Waals surface area contributed by atoms with Gasteiger partial charge in [-0.2, -0.15) is 0 Å². The minimum Gasteiger partial charge on any atom is -0.455 e. The lowest BCUT2D eigenvalue weighted by Crippen LogP contribution is -2.45. The Bertz CT molecular complexity index is 611. The van der Waals surface area contributed by atoms with Crippen molar-refractivity contribution in [3.05, 3.63) is 35.9 Å². The predicted octanol–water partition coefficient (Wildman–Crippen LogP) is 3.13. The fourth-order valence-electron chi connectivity index (χ4n) is 3.27. The molecule has 2 N–H and O–H groups in total. The average molecular weight is 360 g/mol. The van der Waals surface area contributed by atoms with Crippen molar-refractivity contribution in [3.63, 3.8) is 0 Å². The highest BCUT2D eigenvalue weighted by Gasteiger charge is 2.28. The van der Waals surface area contributed by atoms with Crippen LogP contribution in [0, 0.1) is 5.92 Å². The number of carbonyl (C=O) groups is 3. The van der Waals surface area contributed by atoms with Crippen molar-refractivity contribution < 1.29 is 19.1 Å². The number of esters is 1. The molecule has 1 aliphatic rings. The van der Waals surface area contributed by atoms with Crippen molar-refractivity contribution in [2.75, 3.05) is 6.61 Å². The van der Waals surface area contributed by atoms with Crippen LogP contribution in [0.15, 0.2) is 30.3 Å². The summed E-state index contributed by atoms with van der Waals surface area (Å²) >= 11 is 0. The summed E-state index contributed by atoms with van der Waals surface area (Å²) in [6, 6.07) is 8.99. The van der Waals surface area contributed by atoms with Gasteiger partial charge in [-0.1, -0.05) is 63.4 Å². The Morgan fingerprint density at radius 2 is 1.81 bits per heavy atom. The van der Waals surface area contributed by atoms with Gasteiger partial charge in [0, 0.05) is 6.04 Å². The highest BCUT2D eigenvalue weighted by Crippen LogP contribution is 2.28. The van der Waals surface area contributed by atoms with Crippen LogP contribution < -0.4 is 10.6 Å². The summed E-state index contributed by atoms with van der Waals surface area (Å²) in [5.74, 6) is -1.42. The third kappa shape index (κ3) is 5.86. The Balaban J connectivity index is 1.84. The van der Waals surface area contributed by atoms with Crippen molar-refractivity contribution in [1.29, 1.82) is 0 Å². The molecule has 142 valence electrons. The third-order valence-corrected chi connectivity index (χ3v) is 4.91. The van der Waals surface area contributed by atoms with Crippen molar-refractivity contribution in [2.45, 2.75) is 57.9 Å². The molecule has 1 aromatic rings. The molecule has 2 atom stereocenters. The SMILES string of the molecule is CC[C@H](C)[C@H](C(=O)OCC(=O)NC(=O)NC1CCCC1)c1ccccc1. The van der Waals surface area contributed by atoms with Crippen molar-refractivity contribution in [1.82, 2.24) is 10.6 Å². The van der Waals surface area contributed by atoms with Gasteiger partial charge in [-0.05, 0) is 24.3 Å². The van der Waals surface area contributed by atoms with E-state index < -0.39 is 30.4 Å². The molecule has 26 heavy (non-hydrogen) atoms. The van der Waals surface area contributed by atoms with Crippen LogP contribution in [0.1, 0.15) is 57.4 Å². The third-order valence-electron chi connectivity index (χ3n) is 4.91. The summed E-state index contributed by atoms with van der Waals surface area (Å²) in [5, 5.41) is 4.98. The van der Waals surface area contributed by atoms with Gasteiger partial charge in [0.2, 0.25) is 0 Å². The molecule has 0 saturated heterocycles. The lowest BCUT2D eigenvalue weighted by Gasteiger charge is -2.21. The van der Waals surface area contributed by atoms with Crippen molar-refractivity contribution in [3.8, 4) is 0 Å². The molecule has 3 amide bonds. The highest BCUT2D eigenvalue weighted by atomic mass is 16.5. The molecule has 1 aliphatic carbocycles. The van der Waals surface area contributed by atoms with Crippen molar-refractivity contribution >= 4 is 17.9 Å². The molecule has 0 radical (unpaired) electrons. The lowest BCUT2D eigenvalue weighted by atomic mass is 9.86. The van der Waals surface area contributed by atoms with Gasteiger partial charge < -0.3 is 10.1 Å². The largest absolute Gasteiger partial charge is 0.455 e. The second-order valence-corrected chi connectivity index (χ2v) is 6.88. The topological polar surface area (TPSA) is 84.5 Å². The molecule has 0 bridgehead atoms. The number of nitrogens with one attached hydrogen (secondary N) is 2. The van der Waals surface area contributed by atoms with E-state index in [-0.39, 0.29) is 12.0 Å². The quantitative estimate of drug-likeness (QED) is 0.732. The second kappa shape index (κ2) is 9.94. The first-order chi connectivity index (χ1) is 12.5. The first-order valence-electron chi connectivity index (χ1n) is 9.33. The standard InChI is InChI=1S/C20H28N2O4/c1-3-14(2)18(15-9-5-4-6-10-15)19(24)26-13-17(23)22-20(25)21-16-11-7-8-12-16/h4-6,9-10,14,16,18H,3,7-8,11-13H2,1-2H3,(H2,21,22,23,25)/t14-,18-/m0/s1. The van der Waals surface area contributed by atoms with Gasteiger partial charge >= 0.3 is 12.0 Å². The smallest absolute Gasteiger partial charge is 0.321 e. The summed E-state index contributed by atoms with van der Waals surface area (Å²) < 4.78 is 5.18. The normalized spacial score (nSPS) is 16.5. The average Bonchev–Trinajstić information content (AvgIpc) is 3.13. The van der Waals surface area contributed by atoms with E-state index in [1.54, 1.807) is 0 Å². The maximum absolute atomic E-state index is 12.5. The fraction of sp³-hybridized carbons (Fsp3) is 0.550. The molecular weight excluding hydrogens is 332 g/mol. The molecule has 0 unspecified atom stereocenters. The first-order valence-corrected chi connectivity index (χ1v) is 9.33. The van der Waals surface area contributed by atoms with E-state index in [1.165, 1.54) is 0 Å². The number of carbonyl (C=O) groups excluding carboxylic acids is 3. The number of amides is 3. The molecule has 1 saturated carbocycles. The van der Waals surface area contributed by atoms with Gasteiger partial charge in [0.25, 0.3) is 5.91 Å². The van der Waals surface area contributed by atoms with E-state index in [0.717, 1.165) is 37.7 Å². The van der Waals surface area contributed by atoms with E-state index in [4.69, 9.17) is 4.74 Å². The van der Waals surface area contributed by atoms with Crippen molar-refractivity contribution in [2.24, 2.45) is 5.92 Å². The van der Waals surface area contributed by atoms with E-state index in [0.29, 0.717) is 0 Å². The minimum atomic E-state index is -0.621. The second-order valence-electron chi connectivity index (χ2n) is 6.88. The van der Waals surface area contributed by atoms with Crippen LogP contribution in [0.5, 0.6) is 0 Å². The Morgan fingerprint density at radius 1 is 1.15 bits per heavy atom. The zero-order chi connectivity index (χ0) is 18.9. The highest BCUT2D eigenvalue weighted by molar-refractivity contribution is 5.95. The van der Waals surface area contributed by atoms with Gasteiger partial charge in [0.15, 0.2) is 6.61 Å². The molecule has 0 aromatic heterocycles. The monoisotopic (exact) mass is 360 g/mol. The number of hydrogen-bond donors (Lipinski definition) is 2. The van der Waals surface area contributed by atoms with E-state index in [2.05, 4.69) is 10.6 Å².